The van der Waals surface area contributed by atoms with Gasteiger partial charge in [-0.25, -0.2) is 4.79 Å². The maximum atomic E-state index is 12.8. The van der Waals surface area contributed by atoms with Crippen LogP contribution < -0.4 is 0 Å². The predicted molar refractivity (Wildman–Crippen MR) is 61.5 cm³/mol. The van der Waals surface area contributed by atoms with E-state index >= 15 is 0 Å². The molecule has 1 amide bonds. The molecule has 7 heteroatoms. The van der Waals surface area contributed by atoms with Crippen LogP contribution in [-0.2, 0) is 9.53 Å². The van der Waals surface area contributed by atoms with Crippen molar-refractivity contribution in [3.8, 4) is 0 Å². The highest BCUT2D eigenvalue weighted by molar-refractivity contribution is 5.80. The molecule has 1 aliphatic rings. The first-order chi connectivity index (χ1) is 8.42. The predicted octanol–water partition coefficient (Wildman–Crippen LogP) is 2.62. The molecule has 1 aliphatic heterocycles. The number of likely N-dealkylation sites (tertiary alicyclic amines) is 1. The van der Waals surface area contributed by atoms with Gasteiger partial charge in [-0.2, -0.15) is 13.2 Å². The van der Waals surface area contributed by atoms with Crippen molar-refractivity contribution in [3.63, 3.8) is 0 Å². The molecule has 2 unspecified atom stereocenters. The summed E-state index contributed by atoms with van der Waals surface area (Å²) >= 11 is 0. The minimum absolute atomic E-state index is 0.242. The highest BCUT2D eigenvalue weighted by Gasteiger charge is 2.52. The third-order valence-electron chi connectivity index (χ3n) is 2.91. The lowest BCUT2D eigenvalue weighted by Crippen LogP contribution is -2.36. The second-order valence-corrected chi connectivity index (χ2v) is 5.75. The number of rotatable bonds is 1. The van der Waals surface area contributed by atoms with Crippen molar-refractivity contribution < 1.29 is 27.5 Å². The van der Waals surface area contributed by atoms with E-state index in [1.807, 2.05) is 0 Å². The zero-order valence-corrected chi connectivity index (χ0v) is 11.4. The number of carbonyl (C=O) groups excluding carboxylic acids is 2. The first-order valence-corrected chi connectivity index (χ1v) is 5.97. The fraction of sp³-hybridized carbons (Fsp3) is 0.833. The van der Waals surface area contributed by atoms with E-state index in [1.54, 1.807) is 20.8 Å². The van der Waals surface area contributed by atoms with Crippen molar-refractivity contribution in [1.29, 1.82) is 0 Å². The average Bonchev–Trinajstić information content (AvgIpc) is 2.57. The summed E-state index contributed by atoms with van der Waals surface area (Å²) in [5.74, 6) is -3.57. The molecule has 0 N–H and O–H groups in total. The van der Waals surface area contributed by atoms with Gasteiger partial charge < -0.3 is 9.64 Å². The Labute approximate surface area is 109 Å². The summed E-state index contributed by atoms with van der Waals surface area (Å²) in [4.78, 5) is 24.0. The summed E-state index contributed by atoms with van der Waals surface area (Å²) in [7, 11) is 0. The van der Waals surface area contributed by atoms with Crippen LogP contribution in [0.3, 0.4) is 0 Å². The molecular weight excluding hydrogens is 263 g/mol. The Kier molecular flexibility index (Phi) is 4.17. The fourth-order valence-corrected chi connectivity index (χ4v) is 2.02. The molecule has 0 aromatic carbocycles. The third kappa shape index (κ3) is 4.11. The maximum absolute atomic E-state index is 12.8. The molecule has 1 heterocycles. The number of ether oxygens (including phenoxy) is 1. The van der Waals surface area contributed by atoms with Gasteiger partial charge in [-0.1, -0.05) is 0 Å². The van der Waals surface area contributed by atoms with E-state index in [9.17, 15) is 22.8 Å². The molecule has 1 fully saturated rings. The summed E-state index contributed by atoms with van der Waals surface area (Å²) in [5, 5.41) is 0. The lowest BCUT2D eigenvalue weighted by atomic mass is 9.92. The number of halogens is 3. The minimum atomic E-state index is -4.49. The van der Waals surface area contributed by atoms with Gasteiger partial charge in [-0.05, 0) is 27.7 Å². The highest BCUT2D eigenvalue weighted by atomic mass is 19.4. The molecule has 0 aromatic heterocycles. The molecule has 0 aromatic rings. The van der Waals surface area contributed by atoms with E-state index < -0.39 is 42.0 Å². The number of nitrogens with zero attached hydrogens (tertiary/aromatic N) is 1. The van der Waals surface area contributed by atoms with Crippen molar-refractivity contribution >= 4 is 11.9 Å². The van der Waals surface area contributed by atoms with Crippen LogP contribution in [0.5, 0.6) is 0 Å². The first kappa shape index (κ1) is 15.8. The summed E-state index contributed by atoms with van der Waals surface area (Å²) in [5.41, 5.74) is -0.779. The average molecular weight is 281 g/mol. The van der Waals surface area contributed by atoms with Gasteiger partial charge in [0.05, 0.1) is 5.92 Å². The maximum Gasteiger partial charge on any atom is 0.410 e. The molecule has 110 valence electrons. The molecule has 0 aliphatic carbocycles. The number of carbonyl (C=O) groups is 2. The summed E-state index contributed by atoms with van der Waals surface area (Å²) < 4.78 is 43.5. The molecule has 0 saturated carbocycles. The zero-order chi connectivity index (χ0) is 15.0. The molecule has 2 atom stereocenters. The van der Waals surface area contributed by atoms with Gasteiger partial charge in [0.1, 0.15) is 11.4 Å². The number of Topliss-reactive ketones (excluding diaryl/α,β-unsaturated/α-hetero) is 1. The van der Waals surface area contributed by atoms with Crippen LogP contribution in [0, 0.1) is 11.8 Å². The van der Waals surface area contributed by atoms with Crippen LogP contribution in [0.15, 0.2) is 0 Å². The lowest BCUT2D eigenvalue weighted by molar-refractivity contribution is -0.182. The van der Waals surface area contributed by atoms with Gasteiger partial charge in [-0.15, -0.1) is 0 Å². The molecule has 0 spiro atoms. The van der Waals surface area contributed by atoms with Gasteiger partial charge in [0, 0.05) is 19.0 Å². The zero-order valence-electron chi connectivity index (χ0n) is 11.4. The first-order valence-electron chi connectivity index (χ1n) is 5.97. The highest BCUT2D eigenvalue weighted by Crippen LogP contribution is 2.38. The standard InChI is InChI=1S/C12H18F3NO3/c1-7(17)8-5-16(6-9(8)12(13,14)15)10(18)19-11(2,3)4/h8-9H,5-6H2,1-4H3. The van der Waals surface area contributed by atoms with Crippen LogP contribution in [0.1, 0.15) is 27.7 Å². The van der Waals surface area contributed by atoms with Crippen LogP contribution in [0.25, 0.3) is 0 Å². The Balaban J connectivity index is 2.81. The summed E-state index contributed by atoms with van der Waals surface area (Å²) in [6.45, 7) is 5.24. The SMILES string of the molecule is CC(=O)C1CN(C(=O)OC(C)(C)C)CC1C(F)(F)F. The summed E-state index contributed by atoms with van der Waals surface area (Å²) in [6.07, 6.45) is -5.31. The van der Waals surface area contributed by atoms with Crippen molar-refractivity contribution in [1.82, 2.24) is 4.90 Å². The van der Waals surface area contributed by atoms with E-state index in [1.165, 1.54) is 0 Å². The Morgan fingerprint density at radius 2 is 1.68 bits per heavy atom. The Morgan fingerprint density at radius 3 is 2.00 bits per heavy atom. The van der Waals surface area contributed by atoms with Crippen molar-refractivity contribution in [2.24, 2.45) is 11.8 Å². The molecule has 1 rings (SSSR count). The van der Waals surface area contributed by atoms with Gasteiger partial charge >= 0.3 is 12.3 Å². The quantitative estimate of drug-likeness (QED) is 0.742. The Hall–Kier alpha value is -1.27. The van der Waals surface area contributed by atoms with Crippen molar-refractivity contribution in [2.75, 3.05) is 13.1 Å². The molecule has 0 bridgehead atoms. The second kappa shape index (κ2) is 5.02. The molecular formula is C12H18F3NO3. The van der Waals surface area contributed by atoms with Gasteiger partial charge in [0.15, 0.2) is 0 Å². The molecule has 0 radical (unpaired) electrons. The fourth-order valence-electron chi connectivity index (χ4n) is 2.02. The van der Waals surface area contributed by atoms with Crippen molar-refractivity contribution in [3.05, 3.63) is 0 Å². The van der Waals surface area contributed by atoms with Gasteiger partial charge in [0.25, 0.3) is 0 Å². The number of alkyl halides is 3. The largest absolute Gasteiger partial charge is 0.444 e. The molecule has 1 saturated heterocycles. The van der Waals surface area contributed by atoms with Gasteiger partial charge in [-0.3, -0.25) is 4.79 Å². The van der Waals surface area contributed by atoms with Crippen molar-refractivity contribution in [2.45, 2.75) is 39.5 Å². The van der Waals surface area contributed by atoms with E-state index in [4.69, 9.17) is 4.74 Å². The van der Waals surface area contributed by atoms with E-state index in [2.05, 4.69) is 0 Å². The number of amides is 1. The Morgan fingerprint density at radius 1 is 1.16 bits per heavy atom. The van der Waals surface area contributed by atoms with Crippen LogP contribution in [-0.4, -0.2) is 41.6 Å². The minimum Gasteiger partial charge on any atom is -0.444 e. The monoisotopic (exact) mass is 281 g/mol. The smallest absolute Gasteiger partial charge is 0.410 e. The van der Waals surface area contributed by atoms with Crippen LogP contribution in [0.4, 0.5) is 18.0 Å². The topological polar surface area (TPSA) is 46.6 Å². The molecule has 4 nitrogen and oxygen atoms in total. The third-order valence-corrected chi connectivity index (χ3v) is 2.91. The second-order valence-electron chi connectivity index (χ2n) is 5.75. The number of hydrogen-bond acceptors (Lipinski definition) is 3. The number of hydrogen-bond donors (Lipinski definition) is 0. The van der Waals surface area contributed by atoms with E-state index in [-0.39, 0.29) is 6.54 Å². The Bertz CT molecular complexity index is 373. The number of ketones is 1. The van der Waals surface area contributed by atoms with Gasteiger partial charge in [0.2, 0.25) is 0 Å². The summed E-state index contributed by atoms with van der Waals surface area (Å²) in [6, 6.07) is 0. The van der Waals surface area contributed by atoms with E-state index in [0.717, 1.165) is 11.8 Å². The molecule has 19 heavy (non-hydrogen) atoms. The van der Waals surface area contributed by atoms with Crippen LogP contribution in [0.2, 0.25) is 0 Å². The van der Waals surface area contributed by atoms with Crippen LogP contribution >= 0.6 is 0 Å². The normalized spacial score (nSPS) is 24.5. The lowest BCUT2D eigenvalue weighted by Gasteiger charge is -2.24. The van der Waals surface area contributed by atoms with E-state index in [0.29, 0.717) is 0 Å².